The maximum absolute atomic E-state index is 3.37. The molecule has 0 nitrogen and oxygen atoms in total. The number of hydrogen-bond acceptors (Lipinski definition) is 0. The van der Waals surface area contributed by atoms with E-state index < -0.39 is 0 Å². The molecule has 0 saturated heterocycles. The molecular formula is C16H19Cl3Ti. The second-order valence-electron chi connectivity index (χ2n) is 5.23. The molecule has 1 aromatic rings. The molecule has 0 aromatic heterocycles. The van der Waals surface area contributed by atoms with E-state index in [1.807, 2.05) is 6.08 Å². The summed E-state index contributed by atoms with van der Waals surface area (Å²) in [6, 6.07) is 6.81. The number of benzene rings is 1. The summed E-state index contributed by atoms with van der Waals surface area (Å²) in [6.07, 6.45) is 8.63. The predicted molar refractivity (Wildman–Crippen MR) is 69.5 cm³/mol. The first-order valence-corrected chi connectivity index (χ1v) is 5.87. The van der Waals surface area contributed by atoms with Gasteiger partial charge in [-0.25, -0.2) is 12.2 Å². The second-order valence-corrected chi connectivity index (χ2v) is 5.23. The van der Waals surface area contributed by atoms with E-state index in [1.165, 1.54) is 22.3 Å². The van der Waals surface area contributed by atoms with Crippen molar-refractivity contribution in [1.82, 2.24) is 0 Å². The van der Waals surface area contributed by atoms with Gasteiger partial charge in [0.1, 0.15) is 0 Å². The van der Waals surface area contributed by atoms with Crippen LogP contribution in [-0.4, -0.2) is 0 Å². The first-order valence-electron chi connectivity index (χ1n) is 5.87. The van der Waals surface area contributed by atoms with Gasteiger partial charge in [-0.05, 0) is 24.8 Å². The Morgan fingerprint density at radius 2 is 1.45 bits per heavy atom. The number of halogens is 3. The Balaban J connectivity index is -0.000000722. The molecule has 1 aliphatic rings. The first kappa shape index (κ1) is 25.3. The largest absolute Gasteiger partial charge is 4.00 e. The van der Waals surface area contributed by atoms with Gasteiger partial charge < -0.3 is 37.2 Å². The number of hydrogen-bond donors (Lipinski definition) is 0. The van der Waals surface area contributed by atoms with Crippen LogP contribution in [0, 0.1) is 19.9 Å². The fourth-order valence-electron chi connectivity index (χ4n) is 2.34. The van der Waals surface area contributed by atoms with Crippen LogP contribution in [0.1, 0.15) is 37.0 Å². The van der Waals surface area contributed by atoms with E-state index >= 15 is 0 Å². The average molecular weight is 366 g/mol. The van der Waals surface area contributed by atoms with Gasteiger partial charge in [0.15, 0.2) is 0 Å². The Morgan fingerprint density at radius 1 is 0.950 bits per heavy atom. The molecule has 0 atom stereocenters. The molecule has 1 aliphatic carbocycles. The van der Waals surface area contributed by atoms with E-state index in [-0.39, 0.29) is 64.4 Å². The van der Waals surface area contributed by atoms with Crippen LogP contribution in [0.3, 0.4) is 0 Å². The Hall–Kier alpha value is 0.284. The van der Waals surface area contributed by atoms with Gasteiger partial charge in [0.05, 0.1) is 0 Å². The van der Waals surface area contributed by atoms with Crippen molar-refractivity contribution in [1.29, 1.82) is 0 Å². The molecule has 0 heterocycles. The fraction of sp³-hybridized carbons (Fsp3) is 0.375. The smallest absolute Gasteiger partial charge is 1.00 e. The molecule has 4 heteroatoms. The van der Waals surface area contributed by atoms with Crippen molar-refractivity contribution in [3.8, 4) is 0 Å². The summed E-state index contributed by atoms with van der Waals surface area (Å²) in [5.41, 5.74) is 5.57. The Labute approximate surface area is 156 Å². The van der Waals surface area contributed by atoms with Crippen LogP contribution in [0.4, 0.5) is 0 Å². The molecule has 0 fully saturated rings. The minimum Gasteiger partial charge on any atom is -1.00 e. The quantitative estimate of drug-likeness (QED) is 0.365. The number of allylic oxidation sites excluding steroid dienone is 4. The Morgan fingerprint density at radius 3 is 1.85 bits per heavy atom. The zero-order chi connectivity index (χ0) is 11.8. The van der Waals surface area contributed by atoms with Crippen LogP contribution in [0.5, 0.6) is 0 Å². The summed E-state index contributed by atoms with van der Waals surface area (Å²) >= 11 is 0. The zero-order valence-electron chi connectivity index (χ0n) is 12.2. The van der Waals surface area contributed by atoms with Gasteiger partial charge in [-0.3, -0.25) is 6.08 Å². The van der Waals surface area contributed by atoms with Crippen molar-refractivity contribution >= 4 is 0 Å². The third kappa shape index (κ3) is 5.58. The molecule has 0 unspecified atom stereocenters. The topological polar surface area (TPSA) is 0 Å². The minimum atomic E-state index is 0. The van der Waals surface area contributed by atoms with Crippen molar-refractivity contribution in [3.63, 3.8) is 0 Å². The van der Waals surface area contributed by atoms with Crippen LogP contribution in [-0.2, 0) is 27.1 Å². The third-order valence-corrected chi connectivity index (χ3v) is 3.40. The van der Waals surface area contributed by atoms with E-state index in [9.17, 15) is 0 Å². The van der Waals surface area contributed by atoms with Gasteiger partial charge in [-0.1, -0.05) is 49.6 Å². The third-order valence-electron chi connectivity index (χ3n) is 3.40. The molecule has 1 aromatic carbocycles. The molecule has 20 heavy (non-hydrogen) atoms. The van der Waals surface area contributed by atoms with Crippen LogP contribution >= 0.6 is 0 Å². The van der Waals surface area contributed by atoms with Crippen LogP contribution < -0.4 is 37.2 Å². The van der Waals surface area contributed by atoms with Crippen LogP contribution in [0.2, 0.25) is 0 Å². The molecule has 108 valence electrons. The summed E-state index contributed by atoms with van der Waals surface area (Å²) in [5.74, 6) is 0. The van der Waals surface area contributed by atoms with Crippen molar-refractivity contribution in [3.05, 3.63) is 58.7 Å². The van der Waals surface area contributed by atoms with E-state index in [2.05, 4.69) is 58.0 Å². The van der Waals surface area contributed by atoms with Gasteiger partial charge in [0.25, 0.3) is 0 Å². The summed E-state index contributed by atoms with van der Waals surface area (Å²) in [5, 5.41) is 0. The van der Waals surface area contributed by atoms with Crippen molar-refractivity contribution in [2.24, 2.45) is 0 Å². The molecular weight excluding hydrogens is 346 g/mol. The normalized spacial score (nSPS) is 12.3. The van der Waals surface area contributed by atoms with Gasteiger partial charge in [0, 0.05) is 0 Å². The molecule has 0 spiro atoms. The van der Waals surface area contributed by atoms with E-state index in [4.69, 9.17) is 0 Å². The average Bonchev–Trinajstić information content (AvgIpc) is 2.69. The number of aryl methyl sites for hydroxylation is 2. The molecule has 2 rings (SSSR count). The molecule has 0 amide bonds. The minimum absolute atomic E-state index is 0. The van der Waals surface area contributed by atoms with Crippen molar-refractivity contribution in [2.45, 2.75) is 39.5 Å². The van der Waals surface area contributed by atoms with Gasteiger partial charge in [-0.15, -0.1) is 0 Å². The predicted octanol–water partition coefficient (Wildman–Crippen LogP) is -4.72. The number of rotatable bonds is 2. The van der Waals surface area contributed by atoms with Gasteiger partial charge >= 0.3 is 21.7 Å². The first-order chi connectivity index (χ1) is 7.50. The summed E-state index contributed by atoms with van der Waals surface area (Å²) in [4.78, 5) is 0. The summed E-state index contributed by atoms with van der Waals surface area (Å²) < 4.78 is 0. The van der Waals surface area contributed by atoms with Crippen molar-refractivity contribution in [2.75, 3.05) is 0 Å². The molecule has 0 saturated carbocycles. The van der Waals surface area contributed by atoms with E-state index in [0.717, 1.165) is 6.42 Å². The van der Waals surface area contributed by atoms with Crippen LogP contribution in [0.25, 0.3) is 0 Å². The second kappa shape index (κ2) is 10.1. The maximum atomic E-state index is 3.37. The molecule has 0 bridgehead atoms. The summed E-state index contributed by atoms with van der Waals surface area (Å²) in [7, 11) is 0. The SMILES string of the molecule is Cc1cc(C)cc(C(C)(C)C2=[C-]C=CC2)c1.[Cl-].[Cl-].[Cl-].[Ti+4]. The van der Waals surface area contributed by atoms with Gasteiger partial charge in [0.2, 0.25) is 0 Å². The molecule has 0 N–H and O–H groups in total. The Kier molecular flexibility index (Phi) is 12.7. The zero-order valence-corrected chi connectivity index (χ0v) is 16.1. The van der Waals surface area contributed by atoms with E-state index in [0.29, 0.717) is 0 Å². The monoisotopic (exact) mass is 364 g/mol. The standard InChI is InChI=1S/C16H19.3ClH.Ti/c1-12-9-13(2)11-15(10-12)16(3,4)14-7-5-6-8-14;;;;/h5-6,9-11H,7H2,1-4H3;3*1H;/q-1;;;;+4/p-3. The van der Waals surface area contributed by atoms with Crippen LogP contribution in [0.15, 0.2) is 35.9 Å². The fourth-order valence-corrected chi connectivity index (χ4v) is 2.34. The van der Waals surface area contributed by atoms with Gasteiger partial charge in [-0.2, -0.15) is 5.57 Å². The maximum Gasteiger partial charge on any atom is 4.00 e. The molecule has 0 radical (unpaired) electrons. The Bertz CT molecular complexity index is 456. The summed E-state index contributed by atoms with van der Waals surface area (Å²) in [6.45, 7) is 8.91. The molecule has 0 aliphatic heterocycles. The van der Waals surface area contributed by atoms with E-state index in [1.54, 1.807) is 0 Å². The van der Waals surface area contributed by atoms with Crippen molar-refractivity contribution < 1.29 is 58.9 Å².